The van der Waals surface area contributed by atoms with Crippen molar-refractivity contribution in [2.24, 2.45) is 7.05 Å². The third-order valence-electron chi connectivity index (χ3n) is 14.5. The van der Waals surface area contributed by atoms with Gasteiger partial charge in [-0.3, -0.25) is 38.6 Å². The number of likely N-dealkylation sites (tertiary alicyclic amines) is 1. The van der Waals surface area contributed by atoms with Gasteiger partial charge in [0.2, 0.25) is 21.8 Å². The number of urea groups is 1. The summed E-state index contributed by atoms with van der Waals surface area (Å²) in [5, 5.41) is 28.3. The maximum absolute atomic E-state index is 15.7. The summed E-state index contributed by atoms with van der Waals surface area (Å²) in [5.41, 5.74) is -1.47. The topological polar surface area (TPSA) is 234 Å². The molecule has 19 nitrogen and oxygen atoms in total. The monoisotopic (exact) mass is 968 g/mol. The number of aromatic nitrogens is 4. The first-order chi connectivity index (χ1) is 33.0. The zero-order chi connectivity index (χ0) is 48.4. The van der Waals surface area contributed by atoms with E-state index in [-0.39, 0.29) is 90.5 Å². The summed E-state index contributed by atoms with van der Waals surface area (Å²) in [6.45, 7) is 1.71. The number of nitriles is 1. The molecule has 4 aliphatic heterocycles. The van der Waals surface area contributed by atoms with Gasteiger partial charge in [-0.05, 0) is 87.4 Å². The number of imide groups is 1. The van der Waals surface area contributed by atoms with Crippen LogP contribution in [0.2, 0.25) is 0 Å². The molecule has 362 valence electrons. The van der Waals surface area contributed by atoms with Gasteiger partial charge in [0, 0.05) is 51.6 Å². The van der Waals surface area contributed by atoms with E-state index in [0.717, 1.165) is 18.9 Å². The number of aliphatic hydroxyl groups is 1. The van der Waals surface area contributed by atoms with Gasteiger partial charge in [0.05, 0.1) is 69.6 Å². The molecule has 5 fully saturated rings. The van der Waals surface area contributed by atoms with Crippen LogP contribution in [0.15, 0.2) is 53.6 Å². The minimum Gasteiger partial charge on any atom is -0.453 e. The molecule has 5 aromatic rings. The summed E-state index contributed by atoms with van der Waals surface area (Å²) in [4.78, 5) is 61.3. The Hall–Kier alpha value is -6.70. The van der Waals surface area contributed by atoms with Crippen molar-refractivity contribution in [1.82, 2.24) is 29.5 Å². The summed E-state index contributed by atoms with van der Waals surface area (Å²) in [6, 6.07) is 10.5. The van der Waals surface area contributed by atoms with Crippen molar-refractivity contribution in [3.8, 4) is 17.6 Å². The van der Waals surface area contributed by atoms with Crippen LogP contribution in [0, 0.1) is 23.0 Å². The van der Waals surface area contributed by atoms with Crippen molar-refractivity contribution in [2.45, 2.75) is 93.1 Å². The predicted molar refractivity (Wildman–Crippen MR) is 247 cm³/mol. The number of nitrogens with zero attached hydrogens (tertiary/aromatic N) is 8. The fourth-order valence-corrected chi connectivity index (χ4v) is 12.1. The molecule has 10 rings (SSSR count). The van der Waals surface area contributed by atoms with E-state index in [2.05, 4.69) is 20.1 Å². The molecule has 1 spiro atoms. The second kappa shape index (κ2) is 17.7. The Morgan fingerprint density at radius 3 is 2.48 bits per heavy atom. The lowest BCUT2D eigenvalue weighted by molar-refractivity contribution is -0.142. The van der Waals surface area contributed by atoms with Crippen LogP contribution in [0.25, 0.3) is 21.8 Å². The minimum atomic E-state index is -3.83. The number of ether oxygens (including phenoxy) is 2. The molecule has 6 heterocycles. The van der Waals surface area contributed by atoms with Crippen LogP contribution in [0.1, 0.15) is 82.2 Å². The molecule has 0 bridgehead atoms. The number of hydrogen-bond donors (Lipinski definition) is 3. The number of halogens is 2. The standard InChI is InChI=1S/C47H50F2N10O9S/c1-55-38-22-39(35(49)21-32(38)43(53-55)58-15-10-40(60)52-45(58)63)56-16-11-46(64,12-17-56)24-41(61)57-18-13-47(14-19-57)23-28(26-67-47)59-27-51-36-8-6-29(20-31(36)44(59)62)68-42-33(25-50)37(9-7-34(42)48)54-69(65,66)30-4-2-3-5-30/h6-9,20-22,27-28,30,54,64H,2-5,10-19,23-24,26H2,1H3,(H,52,60,63)/t28-/m1/s1. The van der Waals surface area contributed by atoms with Crippen LogP contribution in [0.5, 0.6) is 11.5 Å². The van der Waals surface area contributed by atoms with Crippen molar-refractivity contribution >= 4 is 66.9 Å². The highest BCUT2D eigenvalue weighted by molar-refractivity contribution is 7.93. The van der Waals surface area contributed by atoms with E-state index in [1.54, 1.807) is 22.7 Å². The Morgan fingerprint density at radius 2 is 1.75 bits per heavy atom. The number of rotatable bonds is 10. The van der Waals surface area contributed by atoms with Crippen molar-refractivity contribution < 1.29 is 46.2 Å². The summed E-state index contributed by atoms with van der Waals surface area (Å²) in [6.07, 6.45) is 5.97. The first-order valence-corrected chi connectivity index (χ1v) is 24.7. The third-order valence-corrected chi connectivity index (χ3v) is 16.4. The van der Waals surface area contributed by atoms with Gasteiger partial charge in [-0.2, -0.15) is 10.4 Å². The Kier molecular flexibility index (Phi) is 11.8. The Bertz CT molecular complexity index is 3130. The zero-order valence-corrected chi connectivity index (χ0v) is 38.6. The van der Waals surface area contributed by atoms with Crippen LogP contribution >= 0.6 is 0 Å². The molecule has 69 heavy (non-hydrogen) atoms. The largest absolute Gasteiger partial charge is 0.453 e. The minimum absolute atomic E-state index is 0.0374. The number of carbonyl (C=O) groups is 3. The fraction of sp³-hybridized carbons (Fsp3) is 0.468. The number of piperidine rings is 2. The van der Waals surface area contributed by atoms with Crippen LogP contribution in [-0.2, 0) is 31.4 Å². The lowest BCUT2D eigenvalue weighted by Gasteiger charge is -2.42. The number of fused-ring (bicyclic) bond motifs is 2. The molecule has 1 aliphatic carbocycles. The van der Waals surface area contributed by atoms with Gasteiger partial charge >= 0.3 is 6.03 Å². The van der Waals surface area contributed by atoms with E-state index in [9.17, 15) is 38.0 Å². The highest BCUT2D eigenvalue weighted by Gasteiger charge is 2.45. The van der Waals surface area contributed by atoms with Crippen molar-refractivity contribution in [3.05, 3.63) is 76.3 Å². The molecule has 3 aromatic carbocycles. The van der Waals surface area contributed by atoms with E-state index in [0.29, 0.717) is 80.4 Å². The molecule has 0 unspecified atom stereocenters. The van der Waals surface area contributed by atoms with Gasteiger partial charge in [0.15, 0.2) is 17.4 Å². The highest BCUT2D eigenvalue weighted by Crippen LogP contribution is 2.42. The van der Waals surface area contributed by atoms with Crippen molar-refractivity contribution in [2.75, 3.05) is 53.9 Å². The number of carbonyl (C=O) groups excluding carboxylic acids is 3. The molecule has 0 radical (unpaired) electrons. The normalized spacial score (nSPS) is 20.7. The maximum Gasteiger partial charge on any atom is 0.329 e. The van der Waals surface area contributed by atoms with Crippen LogP contribution < -0.4 is 30.1 Å². The molecule has 1 saturated carbocycles. The first kappa shape index (κ1) is 46.1. The number of hydrogen-bond acceptors (Lipinski definition) is 13. The molecular formula is C47H50F2N10O9S. The lowest BCUT2D eigenvalue weighted by atomic mass is 9.85. The Morgan fingerprint density at radius 1 is 1.00 bits per heavy atom. The molecule has 1 atom stereocenters. The number of benzene rings is 3. The van der Waals surface area contributed by atoms with E-state index in [4.69, 9.17) is 9.47 Å². The zero-order valence-electron chi connectivity index (χ0n) is 37.7. The molecule has 4 amide bonds. The molecular weight excluding hydrogens is 919 g/mol. The number of sulfonamides is 1. The van der Waals surface area contributed by atoms with Crippen molar-refractivity contribution in [1.29, 1.82) is 5.26 Å². The number of aryl methyl sites for hydroxylation is 1. The highest BCUT2D eigenvalue weighted by atomic mass is 32.2. The molecule has 5 aliphatic rings. The number of nitrogens with one attached hydrogen (secondary N) is 2. The lowest BCUT2D eigenvalue weighted by Crippen LogP contribution is -2.51. The smallest absolute Gasteiger partial charge is 0.329 e. The Labute approximate surface area is 394 Å². The van der Waals surface area contributed by atoms with E-state index >= 15 is 8.78 Å². The van der Waals surface area contributed by atoms with Gasteiger partial charge in [-0.1, -0.05) is 12.8 Å². The van der Waals surface area contributed by atoms with E-state index in [1.807, 2.05) is 11.0 Å². The van der Waals surface area contributed by atoms with Crippen LogP contribution in [0.4, 0.5) is 30.8 Å². The molecule has 22 heteroatoms. The fourth-order valence-electron chi connectivity index (χ4n) is 10.5. The van der Waals surface area contributed by atoms with E-state index in [1.165, 1.54) is 46.1 Å². The first-order valence-electron chi connectivity index (χ1n) is 23.1. The van der Waals surface area contributed by atoms with Gasteiger partial charge in [-0.25, -0.2) is 27.0 Å². The van der Waals surface area contributed by atoms with Crippen molar-refractivity contribution in [3.63, 3.8) is 0 Å². The van der Waals surface area contributed by atoms with E-state index < -0.39 is 49.9 Å². The summed E-state index contributed by atoms with van der Waals surface area (Å²) < 4.78 is 74.8. The number of amides is 4. The van der Waals surface area contributed by atoms with Crippen LogP contribution in [0.3, 0.4) is 0 Å². The average molecular weight is 969 g/mol. The second-order valence-electron chi connectivity index (χ2n) is 18.8. The maximum atomic E-state index is 15.7. The van der Waals surface area contributed by atoms with Gasteiger partial charge in [0.25, 0.3) is 5.56 Å². The molecule has 4 saturated heterocycles. The molecule has 2 aromatic heterocycles. The second-order valence-corrected chi connectivity index (χ2v) is 20.8. The molecule has 3 N–H and O–H groups in total. The predicted octanol–water partition coefficient (Wildman–Crippen LogP) is 5.10. The van der Waals surface area contributed by atoms with Gasteiger partial charge in [0.1, 0.15) is 23.2 Å². The van der Waals surface area contributed by atoms with Gasteiger partial charge < -0.3 is 24.4 Å². The number of anilines is 3. The summed E-state index contributed by atoms with van der Waals surface area (Å²) in [5.74, 6) is -2.20. The SMILES string of the molecule is Cn1nc(N2CCC(=O)NC2=O)c2cc(F)c(N3CCC(O)(CC(=O)N4CCC5(CC4)C[C@@H](n4cnc6ccc(Oc7c(F)ccc(NS(=O)(=O)C8CCCC8)c7C#N)cc6c4=O)CO5)CC3)cc21. The quantitative estimate of drug-likeness (QED) is 0.166. The summed E-state index contributed by atoms with van der Waals surface area (Å²) in [7, 11) is -2.14. The Balaban J connectivity index is 0.756. The average Bonchev–Trinajstić information content (AvgIpc) is 4.09. The van der Waals surface area contributed by atoms with Gasteiger partial charge in [-0.15, -0.1) is 0 Å². The summed E-state index contributed by atoms with van der Waals surface area (Å²) >= 11 is 0. The third kappa shape index (κ3) is 8.71. The van der Waals surface area contributed by atoms with Crippen LogP contribution in [-0.4, -0.2) is 111 Å².